The van der Waals surface area contributed by atoms with Crippen LogP contribution in [0.25, 0.3) is 0 Å². The van der Waals surface area contributed by atoms with Gasteiger partial charge in [-0.25, -0.2) is 4.39 Å². The summed E-state index contributed by atoms with van der Waals surface area (Å²) in [6.07, 6.45) is 0.111. The van der Waals surface area contributed by atoms with Gasteiger partial charge in [-0.15, -0.1) is 0 Å². The van der Waals surface area contributed by atoms with Gasteiger partial charge in [-0.05, 0) is 31.5 Å². The first-order chi connectivity index (χ1) is 7.54. The van der Waals surface area contributed by atoms with Crippen molar-refractivity contribution in [3.05, 3.63) is 29.6 Å². The minimum Gasteiger partial charge on any atom is -0.491 e. The number of rotatable bonds is 5. The van der Waals surface area contributed by atoms with Crippen LogP contribution in [0, 0.1) is 5.82 Å². The van der Waals surface area contributed by atoms with E-state index in [0.717, 1.165) is 0 Å². The highest BCUT2D eigenvalue weighted by Gasteiger charge is 2.11. The minimum atomic E-state index is -0.508. The third-order valence-corrected chi connectivity index (χ3v) is 2.36. The smallest absolute Gasteiger partial charge is 0.124 e. The molecule has 16 heavy (non-hydrogen) atoms. The zero-order chi connectivity index (χ0) is 12.1. The zero-order valence-electron chi connectivity index (χ0n) is 9.61. The van der Waals surface area contributed by atoms with E-state index in [1.807, 2.05) is 6.92 Å². The molecule has 0 aromatic heterocycles. The molecule has 2 atom stereocenters. The molecule has 90 valence electrons. The van der Waals surface area contributed by atoms with Crippen molar-refractivity contribution in [2.45, 2.75) is 32.4 Å². The van der Waals surface area contributed by atoms with Gasteiger partial charge in [0.15, 0.2) is 0 Å². The Balaban J connectivity index is 2.78. The quantitative estimate of drug-likeness (QED) is 0.808. The maximum atomic E-state index is 13.0. The van der Waals surface area contributed by atoms with Crippen molar-refractivity contribution in [3.63, 3.8) is 0 Å². The SMILES string of the molecule is CCC(O)COc1ccc(F)cc1[C@H](C)N. The van der Waals surface area contributed by atoms with Crippen molar-refractivity contribution in [3.8, 4) is 5.75 Å². The minimum absolute atomic E-state index is 0.196. The number of ether oxygens (including phenoxy) is 1. The van der Waals surface area contributed by atoms with E-state index >= 15 is 0 Å². The van der Waals surface area contributed by atoms with E-state index < -0.39 is 6.10 Å². The van der Waals surface area contributed by atoms with Gasteiger partial charge in [0.05, 0.1) is 6.10 Å². The fraction of sp³-hybridized carbons (Fsp3) is 0.500. The highest BCUT2D eigenvalue weighted by atomic mass is 19.1. The Morgan fingerprint density at radius 2 is 2.19 bits per heavy atom. The summed E-state index contributed by atoms with van der Waals surface area (Å²) in [6, 6.07) is 3.92. The molecule has 0 radical (unpaired) electrons. The van der Waals surface area contributed by atoms with Gasteiger partial charge in [0.25, 0.3) is 0 Å². The second kappa shape index (κ2) is 5.82. The summed E-state index contributed by atoms with van der Waals surface area (Å²) in [4.78, 5) is 0. The molecule has 4 heteroatoms. The molecule has 0 amide bonds. The van der Waals surface area contributed by atoms with Gasteiger partial charge in [0.2, 0.25) is 0 Å². The lowest BCUT2D eigenvalue weighted by atomic mass is 10.1. The third-order valence-electron chi connectivity index (χ3n) is 2.36. The molecule has 1 rings (SSSR count). The summed E-state index contributed by atoms with van der Waals surface area (Å²) in [5.74, 6) is 0.194. The maximum Gasteiger partial charge on any atom is 0.124 e. The summed E-state index contributed by atoms with van der Waals surface area (Å²) < 4.78 is 18.4. The largest absolute Gasteiger partial charge is 0.491 e. The summed E-state index contributed by atoms with van der Waals surface area (Å²) in [5, 5.41) is 9.37. The fourth-order valence-electron chi connectivity index (χ4n) is 1.31. The summed E-state index contributed by atoms with van der Waals surface area (Å²) in [7, 11) is 0. The van der Waals surface area contributed by atoms with Gasteiger partial charge >= 0.3 is 0 Å². The van der Waals surface area contributed by atoms with E-state index in [4.69, 9.17) is 10.5 Å². The van der Waals surface area contributed by atoms with Gasteiger partial charge < -0.3 is 15.6 Å². The van der Waals surface area contributed by atoms with E-state index in [-0.39, 0.29) is 18.5 Å². The Kier molecular flexibility index (Phi) is 4.71. The van der Waals surface area contributed by atoms with Crippen LogP contribution in [0.1, 0.15) is 31.9 Å². The van der Waals surface area contributed by atoms with Crippen LogP contribution < -0.4 is 10.5 Å². The number of nitrogens with two attached hydrogens (primary N) is 1. The summed E-state index contributed by atoms with van der Waals surface area (Å²) >= 11 is 0. The van der Waals surface area contributed by atoms with Crippen LogP contribution in [0.15, 0.2) is 18.2 Å². The molecular weight excluding hydrogens is 209 g/mol. The van der Waals surface area contributed by atoms with E-state index in [0.29, 0.717) is 17.7 Å². The normalized spacial score (nSPS) is 14.6. The van der Waals surface area contributed by atoms with Gasteiger partial charge in [-0.1, -0.05) is 6.92 Å². The molecular formula is C12H18FNO2. The van der Waals surface area contributed by atoms with Crippen LogP contribution in [-0.2, 0) is 0 Å². The van der Waals surface area contributed by atoms with Gasteiger partial charge in [-0.3, -0.25) is 0 Å². The molecule has 0 bridgehead atoms. The topological polar surface area (TPSA) is 55.5 Å². The second-order valence-corrected chi connectivity index (χ2v) is 3.84. The molecule has 3 N–H and O–H groups in total. The monoisotopic (exact) mass is 227 g/mol. The van der Waals surface area contributed by atoms with Gasteiger partial charge in [0.1, 0.15) is 18.2 Å². The molecule has 1 aromatic rings. The van der Waals surface area contributed by atoms with Crippen LogP contribution in [0.3, 0.4) is 0 Å². The standard InChI is InChI=1S/C12H18FNO2/c1-3-10(15)7-16-12-5-4-9(13)6-11(12)8(2)14/h4-6,8,10,15H,3,7,14H2,1-2H3/t8-,10?/m0/s1. The number of aliphatic hydroxyl groups excluding tert-OH is 1. The first-order valence-corrected chi connectivity index (χ1v) is 5.40. The predicted octanol–water partition coefficient (Wildman–Crippen LogP) is 2.00. The van der Waals surface area contributed by atoms with Crippen molar-refractivity contribution in [2.24, 2.45) is 5.73 Å². The fourth-order valence-corrected chi connectivity index (χ4v) is 1.31. The Morgan fingerprint density at radius 3 is 2.75 bits per heavy atom. The summed E-state index contributed by atoms with van der Waals surface area (Å²) in [6.45, 7) is 3.82. The highest BCUT2D eigenvalue weighted by Crippen LogP contribution is 2.24. The van der Waals surface area contributed by atoms with Crippen LogP contribution in [0.2, 0.25) is 0 Å². The summed E-state index contributed by atoms with van der Waals surface area (Å²) in [5.41, 5.74) is 6.33. The first kappa shape index (κ1) is 12.9. The molecule has 1 unspecified atom stereocenters. The second-order valence-electron chi connectivity index (χ2n) is 3.84. The van der Waals surface area contributed by atoms with Crippen LogP contribution in [0.4, 0.5) is 4.39 Å². The first-order valence-electron chi connectivity index (χ1n) is 5.40. The van der Waals surface area contributed by atoms with Crippen molar-refractivity contribution in [2.75, 3.05) is 6.61 Å². The molecule has 0 fully saturated rings. The van der Waals surface area contributed by atoms with E-state index in [1.54, 1.807) is 6.92 Å². The van der Waals surface area contributed by atoms with Crippen LogP contribution >= 0.6 is 0 Å². The molecule has 0 heterocycles. The molecule has 0 saturated heterocycles. The van der Waals surface area contributed by atoms with Crippen LogP contribution in [-0.4, -0.2) is 17.8 Å². The van der Waals surface area contributed by atoms with Crippen molar-refractivity contribution >= 4 is 0 Å². The zero-order valence-corrected chi connectivity index (χ0v) is 9.61. The highest BCUT2D eigenvalue weighted by molar-refractivity contribution is 5.36. The van der Waals surface area contributed by atoms with Gasteiger partial charge in [0, 0.05) is 11.6 Å². The number of aliphatic hydroxyl groups is 1. The Bertz CT molecular complexity index is 342. The maximum absolute atomic E-state index is 13.0. The molecule has 1 aromatic carbocycles. The van der Waals surface area contributed by atoms with Crippen molar-refractivity contribution in [1.82, 2.24) is 0 Å². The Labute approximate surface area is 95.0 Å². The average molecular weight is 227 g/mol. The Hall–Kier alpha value is -1.13. The predicted molar refractivity (Wildman–Crippen MR) is 60.8 cm³/mol. The third kappa shape index (κ3) is 3.47. The number of benzene rings is 1. The molecule has 0 saturated carbocycles. The number of hydrogen-bond acceptors (Lipinski definition) is 3. The lowest BCUT2D eigenvalue weighted by Gasteiger charge is -2.15. The number of hydrogen-bond donors (Lipinski definition) is 2. The lowest BCUT2D eigenvalue weighted by Crippen LogP contribution is -2.17. The van der Waals surface area contributed by atoms with Crippen molar-refractivity contribution < 1.29 is 14.2 Å². The lowest BCUT2D eigenvalue weighted by molar-refractivity contribution is 0.103. The van der Waals surface area contributed by atoms with E-state index in [1.165, 1.54) is 18.2 Å². The van der Waals surface area contributed by atoms with Crippen molar-refractivity contribution in [1.29, 1.82) is 0 Å². The molecule has 0 aliphatic rings. The number of halogens is 1. The van der Waals surface area contributed by atoms with Gasteiger partial charge in [-0.2, -0.15) is 0 Å². The molecule has 3 nitrogen and oxygen atoms in total. The van der Waals surface area contributed by atoms with E-state index in [9.17, 15) is 9.50 Å². The van der Waals surface area contributed by atoms with Crippen LogP contribution in [0.5, 0.6) is 5.75 Å². The molecule has 0 spiro atoms. The molecule has 0 aliphatic heterocycles. The molecule has 0 aliphatic carbocycles. The van der Waals surface area contributed by atoms with E-state index in [2.05, 4.69) is 0 Å². The average Bonchev–Trinajstić information content (AvgIpc) is 2.26. The Morgan fingerprint density at radius 1 is 1.50 bits per heavy atom.